The molecule has 0 aliphatic heterocycles. The van der Waals surface area contributed by atoms with Crippen LogP contribution in [0.2, 0.25) is 0 Å². The summed E-state index contributed by atoms with van der Waals surface area (Å²) < 4.78 is 18.0. The molecule has 0 saturated heterocycles. The number of amides is 1. The normalized spacial score (nSPS) is 13.2. The van der Waals surface area contributed by atoms with Gasteiger partial charge in [0, 0.05) is 18.4 Å². The van der Waals surface area contributed by atoms with Gasteiger partial charge >= 0.3 is 5.97 Å². The zero-order valence-electron chi connectivity index (χ0n) is 13.5. The van der Waals surface area contributed by atoms with Crippen LogP contribution in [-0.2, 0) is 16.0 Å². The number of halogens is 1. The fraction of sp³-hybridized carbons (Fsp3) is 0.375. The monoisotopic (exact) mass is 351 g/mol. The van der Waals surface area contributed by atoms with E-state index in [2.05, 4.69) is 15.5 Å². The Labute approximate surface area is 142 Å². The van der Waals surface area contributed by atoms with Gasteiger partial charge in [0.05, 0.1) is 6.54 Å². The molecule has 25 heavy (non-hydrogen) atoms. The summed E-state index contributed by atoms with van der Waals surface area (Å²) in [7, 11) is 0. The lowest BCUT2D eigenvalue weighted by molar-refractivity contribution is -0.156. The third-order valence-corrected chi connectivity index (χ3v) is 3.46. The molecule has 0 bridgehead atoms. The van der Waals surface area contributed by atoms with Gasteiger partial charge in [0.2, 0.25) is 17.6 Å². The largest absolute Gasteiger partial charge is 0.479 e. The van der Waals surface area contributed by atoms with E-state index in [0.29, 0.717) is 30.1 Å². The van der Waals surface area contributed by atoms with Crippen LogP contribution in [0.25, 0.3) is 11.4 Å². The van der Waals surface area contributed by atoms with E-state index in [9.17, 15) is 19.1 Å². The van der Waals surface area contributed by atoms with Gasteiger partial charge in [0.25, 0.3) is 0 Å². The van der Waals surface area contributed by atoms with Crippen LogP contribution in [0.4, 0.5) is 4.39 Å². The quantitative estimate of drug-likeness (QED) is 0.651. The summed E-state index contributed by atoms with van der Waals surface area (Å²) >= 11 is 0. The SMILES string of the molecule is CC(O)(CNC(=O)CCCc1nc(-c2ccc(F)cc2)no1)C(=O)O. The van der Waals surface area contributed by atoms with Crippen molar-refractivity contribution >= 4 is 11.9 Å². The van der Waals surface area contributed by atoms with Crippen molar-refractivity contribution in [3.8, 4) is 11.4 Å². The highest BCUT2D eigenvalue weighted by Gasteiger charge is 2.30. The van der Waals surface area contributed by atoms with E-state index in [-0.39, 0.29) is 24.7 Å². The second-order valence-corrected chi connectivity index (χ2v) is 5.73. The van der Waals surface area contributed by atoms with Gasteiger partial charge in [0.15, 0.2) is 5.60 Å². The third-order valence-electron chi connectivity index (χ3n) is 3.46. The standard InChI is InChI=1S/C16H18FN3O5/c1-16(24,15(22)23)9-18-12(21)3-2-4-13-19-14(20-25-13)10-5-7-11(17)8-6-10/h5-8,24H,2-4,9H2,1H3,(H,18,21)(H,22,23). The van der Waals surface area contributed by atoms with E-state index in [0.717, 1.165) is 6.92 Å². The van der Waals surface area contributed by atoms with Crippen molar-refractivity contribution in [1.29, 1.82) is 0 Å². The summed E-state index contributed by atoms with van der Waals surface area (Å²) in [6, 6.07) is 5.65. The topological polar surface area (TPSA) is 126 Å². The predicted octanol–water partition coefficient (Wildman–Crippen LogP) is 1.15. The average Bonchev–Trinajstić information content (AvgIpc) is 3.02. The van der Waals surface area contributed by atoms with Crippen molar-refractivity contribution < 1.29 is 28.7 Å². The second-order valence-electron chi connectivity index (χ2n) is 5.73. The highest BCUT2D eigenvalue weighted by atomic mass is 19.1. The Bertz CT molecular complexity index is 742. The summed E-state index contributed by atoms with van der Waals surface area (Å²) in [5.41, 5.74) is -1.39. The summed E-state index contributed by atoms with van der Waals surface area (Å²) in [6.07, 6.45) is 0.882. The molecule has 2 rings (SSSR count). The van der Waals surface area contributed by atoms with Crippen LogP contribution in [0.3, 0.4) is 0 Å². The third kappa shape index (κ3) is 5.35. The highest BCUT2D eigenvalue weighted by molar-refractivity contribution is 5.80. The minimum Gasteiger partial charge on any atom is -0.479 e. The van der Waals surface area contributed by atoms with Crippen molar-refractivity contribution in [1.82, 2.24) is 15.5 Å². The molecule has 3 N–H and O–H groups in total. The van der Waals surface area contributed by atoms with Gasteiger partial charge in [0.1, 0.15) is 5.82 Å². The number of carboxylic acids is 1. The summed E-state index contributed by atoms with van der Waals surface area (Å²) in [5.74, 6) is -1.49. The first-order valence-corrected chi connectivity index (χ1v) is 7.59. The number of hydrogen-bond donors (Lipinski definition) is 3. The molecule has 1 atom stereocenters. The van der Waals surface area contributed by atoms with Crippen LogP contribution >= 0.6 is 0 Å². The number of hydrogen-bond acceptors (Lipinski definition) is 6. The molecule has 0 fully saturated rings. The smallest absolute Gasteiger partial charge is 0.337 e. The zero-order valence-corrected chi connectivity index (χ0v) is 13.5. The molecular formula is C16H18FN3O5. The molecule has 0 aliphatic carbocycles. The van der Waals surface area contributed by atoms with Crippen molar-refractivity contribution in [2.24, 2.45) is 0 Å². The fourth-order valence-corrected chi connectivity index (χ4v) is 1.91. The van der Waals surface area contributed by atoms with E-state index < -0.39 is 11.6 Å². The molecule has 9 heteroatoms. The van der Waals surface area contributed by atoms with Crippen LogP contribution in [0.5, 0.6) is 0 Å². The van der Waals surface area contributed by atoms with Crippen LogP contribution < -0.4 is 5.32 Å². The van der Waals surface area contributed by atoms with E-state index in [1.165, 1.54) is 24.3 Å². The fourth-order valence-electron chi connectivity index (χ4n) is 1.91. The molecule has 2 aromatic rings. The molecule has 1 aromatic carbocycles. The first-order chi connectivity index (χ1) is 11.8. The Morgan fingerprint density at radius 3 is 2.64 bits per heavy atom. The number of nitrogens with one attached hydrogen (secondary N) is 1. The van der Waals surface area contributed by atoms with Crippen molar-refractivity contribution in [3.05, 3.63) is 36.0 Å². The molecular weight excluding hydrogens is 333 g/mol. The van der Waals surface area contributed by atoms with Gasteiger partial charge in [-0.15, -0.1) is 0 Å². The van der Waals surface area contributed by atoms with E-state index in [4.69, 9.17) is 9.63 Å². The number of aliphatic carboxylic acids is 1. The lowest BCUT2D eigenvalue weighted by atomic mass is 10.1. The Hall–Kier alpha value is -2.81. The summed E-state index contributed by atoms with van der Waals surface area (Å²) in [4.78, 5) is 26.5. The molecule has 8 nitrogen and oxygen atoms in total. The van der Waals surface area contributed by atoms with E-state index >= 15 is 0 Å². The number of rotatable bonds is 8. The Morgan fingerprint density at radius 1 is 1.32 bits per heavy atom. The number of nitrogens with zero attached hydrogens (tertiary/aromatic N) is 2. The number of aromatic nitrogens is 2. The van der Waals surface area contributed by atoms with Gasteiger partial charge < -0.3 is 20.1 Å². The molecule has 0 spiro atoms. The molecule has 0 aliphatic rings. The second kappa shape index (κ2) is 7.84. The maximum absolute atomic E-state index is 12.9. The lowest BCUT2D eigenvalue weighted by Gasteiger charge is -2.18. The Kier molecular flexibility index (Phi) is 5.81. The van der Waals surface area contributed by atoms with E-state index in [1.54, 1.807) is 0 Å². The molecule has 1 heterocycles. The van der Waals surface area contributed by atoms with Crippen LogP contribution in [-0.4, -0.2) is 44.4 Å². The maximum Gasteiger partial charge on any atom is 0.337 e. The molecule has 1 aromatic heterocycles. The van der Waals surface area contributed by atoms with Gasteiger partial charge in [-0.1, -0.05) is 5.16 Å². The summed E-state index contributed by atoms with van der Waals surface area (Å²) in [6.45, 7) is 0.724. The minimum absolute atomic E-state index is 0.115. The number of carboxylic acid groups (broad SMARTS) is 1. The maximum atomic E-state index is 12.9. The predicted molar refractivity (Wildman–Crippen MR) is 83.9 cm³/mol. The Balaban J connectivity index is 1.78. The van der Waals surface area contributed by atoms with Crippen LogP contribution in [0.15, 0.2) is 28.8 Å². The number of aliphatic hydroxyl groups is 1. The Morgan fingerprint density at radius 2 is 2.00 bits per heavy atom. The molecule has 0 saturated carbocycles. The molecule has 1 unspecified atom stereocenters. The van der Waals surface area contributed by atoms with Crippen molar-refractivity contribution in [2.45, 2.75) is 31.8 Å². The van der Waals surface area contributed by atoms with Gasteiger partial charge in [-0.25, -0.2) is 9.18 Å². The zero-order chi connectivity index (χ0) is 18.4. The van der Waals surface area contributed by atoms with Gasteiger partial charge in [-0.3, -0.25) is 4.79 Å². The van der Waals surface area contributed by atoms with Crippen LogP contribution in [0, 0.1) is 5.82 Å². The lowest BCUT2D eigenvalue weighted by Crippen LogP contribution is -2.46. The number of benzene rings is 1. The minimum atomic E-state index is -2.01. The summed E-state index contributed by atoms with van der Waals surface area (Å²) in [5, 5.41) is 24.4. The number of carbonyl (C=O) groups excluding carboxylic acids is 1. The van der Waals surface area contributed by atoms with Gasteiger partial charge in [-0.2, -0.15) is 4.98 Å². The first-order valence-electron chi connectivity index (χ1n) is 7.59. The average molecular weight is 351 g/mol. The highest BCUT2D eigenvalue weighted by Crippen LogP contribution is 2.16. The number of aryl methyl sites for hydroxylation is 1. The van der Waals surface area contributed by atoms with Crippen LogP contribution in [0.1, 0.15) is 25.7 Å². The van der Waals surface area contributed by atoms with E-state index in [1.807, 2.05) is 0 Å². The van der Waals surface area contributed by atoms with Gasteiger partial charge in [-0.05, 0) is 37.6 Å². The van der Waals surface area contributed by atoms with Crippen molar-refractivity contribution in [3.63, 3.8) is 0 Å². The number of carbonyl (C=O) groups is 2. The molecule has 1 amide bonds. The molecule has 134 valence electrons. The first kappa shape index (κ1) is 18.5. The van der Waals surface area contributed by atoms with Crippen molar-refractivity contribution in [2.75, 3.05) is 6.54 Å². The molecule has 0 radical (unpaired) electrons.